The van der Waals surface area contributed by atoms with Gasteiger partial charge in [0.15, 0.2) is 12.4 Å². The van der Waals surface area contributed by atoms with Gasteiger partial charge in [-0.15, -0.1) is 0 Å². The van der Waals surface area contributed by atoms with Crippen molar-refractivity contribution in [2.24, 2.45) is 0 Å². The van der Waals surface area contributed by atoms with Gasteiger partial charge in [-0.25, -0.2) is 4.79 Å². The Kier molecular flexibility index (Phi) is 6.02. The smallest absolute Gasteiger partial charge is 0.337 e. The molecule has 0 aromatic rings. The zero-order valence-electron chi connectivity index (χ0n) is 8.11. The second-order valence-electron chi connectivity index (χ2n) is 2.80. The predicted molar refractivity (Wildman–Crippen MR) is 46.7 cm³/mol. The van der Waals surface area contributed by atoms with Gasteiger partial charge in [-0.3, -0.25) is 0 Å². The summed E-state index contributed by atoms with van der Waals surface area (Å²) in [5.74, 6) is -1.14. The molecule has 88 valence electrons. The van der Waals surface area contributed by atoms with Crippen LogP contribution in [0.3, 0.4) is 0 Å². The van der Waals surface area contributed by atoms with Crippen molar-refractivity contribution in [3.8, 4) is 0 Å². The standard InChI is InChI=1S/C8H14O7/c1-2-15-8(14)7(13)6(12)5(11)4(10)3-9/h3-7,10-13H,2H2,1H3/t4-,5-,6-,7+/m1/s1. The zero-order valence-corrected chi connectivity index (χ0v) is 8.11. The largest absolute Gasteiger partial charge is 0.464 e. The summed E-state index contributed by atoms with van der Waals surface area (Å²) in [6, 6.07) is 0. The summed E-state index contributed by atoms with van der Waals surface area (Å²) < 4.78 is 4.36. The first kappa shape index (κ1) is 14.0. The van der Waals surface area contributed by atoms with Gasteiger partial charge in [0.1, 0.15) is 18.3 Å². The minimum atomic E-state index is -2.01. The molecule has 4 N–H and O–H groups in total. The highest BCUT2D eigenvalue weighted by Gasteiger charge is 2.34. The number of aldehydes is 1. The SMILES string of the molecule is CCOC(=O)[C@@H](O)[C@H](O)[C@H](O)[C@H](O)C=O. The van der Waals surface area contributed by atoms with Crippen LogP contribution in [-0.4, -0.2) is 63.7 Å². The number of aliphatic hydroxyl groups is 4. The lowest BCUT2D eigenvalue weighted by molar-refractivity contribution is -0.169. The number of rotatable bonds is 6. The maximum Gasteiger partial charge on any atom is 0.337 e. The summed E-state index contributed by atoms with van der Waals surface area (Å²) in [4.78, 5) is 20.9. The van der Waals surface area contributed by atoms with E-state index in [4.69, 9.17) is 20.4 Å². The topological polar surface area (TPSA) is 124 Å². The maximum absolute atomic E-state index is 10.9. The van der Waals surface area contributed by atoms with Gasteiger partial charge >= 0.3 is 5.97 Å². The number of carbonyl (C=O) groups excluding carboxylic acids is 2. The van der Waals surface area contributed by atoms with Crippen LogP contribution < -0.4 is 0 Å². The van der Waals surface area contributed by atoms with Crippen LogP contribution in [0.15, 0.2) is 0 Å². The molecule has 0 aromatic heterocycles. The van der Waals surface area contributed by atoms with Crippen LogP contribution in [0.1, 0.15) is 6.92 Å². The second kappa shape index (κ2) is 6.46. The van der Waals surface area contributed by atoms with Gasteiger partial charge in [0.05, 0.1) is 6.61 Å². The van der Waals surface area contributed by atoms with E-state index in [0.717, 1.165) is 0 Å². The van der Waals surface area contributed by atoms with Crippen LogP contribution in [0.5, 0.6) is 0 Å². The van der Waals surface area contributed by atoms with Crippen LogP contribution in [0.4, 0.5) is 0 Å². The number of esters is 1. The third kappa shape index (κ3) is 3.92. The minimum absolute atomic E-state index is 0.00502. The molecule has 0 aliphatic heterocycles. The van der Waals surface area contributed by atoms with Gasteiger partial charge < -0.3 is 30.0 Å². The van der Waals surface area contributed by atoms with Crippen LogP contribution >= 0.6 is 0 Å². The lowest BCUT2D eigenvalue weighted by atomic mass is 10.0. The first-order valence-corrected chi connectivity index (χ1v) is 4.29. The molecule has 0 unspecified atom stereocenters. The Bertz CT molecular complexity index is 217. The van der Waals surface area contributed by atoms with Crippen molar-refractivity contribution in [2.75, 3.05) is 6.61 Å². The fraction of sp³-hybridized carbons (Fsp3) is 0.750. The van der Waals surface area contributed by atoms with Crippen molar-refractivity contribution in [1.29, 1.82) is 0 Å². The molecule has 0 heterocycles. The predicted octanol–water partition coefficient (Wildman–Crippen LogP) is -2.81. The molecule has 0 rings (SSSR count). The van der Waals surface area contributed by atoms with Crippen molar-refractivity contribution in [2.45, 2.75) is 31.3 Å². The molecule has 0 fully saturated rings. The van der Waals surface area contributed by atoms with Crippen molar-refractivity contribution in [3.63, 3.8) is 0 Å². The van der Waals surface area contributed by atoms with E-state index in [1.54, 1.807) is 0 Å². The van der Waals surface area contributed by atoms with E-state index in [0.29, 0.717) is 0 Å². The normalized spacial score (nSPS) is 18.7. The molecule has 0 aliphatic rings. The fourth-order valence-corrected chi connectivity index (χ4v) is 0.836. The first-order valence-electron chi connectivity index (χ1n) is 4.29. The van der Waals surface area contributed by atoms with Crippen molar-refractivity contribution >= 4 is 12.3 Å². The average Bonchev–Trinajstić information content (AvgIpc) is 2.25. The third-order valence-electron chi connectivity index (χ3n) is 1.69. The summed E-state index contributed by atoms with van der Waals surface area (Å²) in [7, 11) is 0. The maximum atomic E-state index is 10.9. The Hall–Kier alpha value is -1.02. The molecule has 0 amide bonds. The van der Waals surface area contributed by atoms with E-state index < -0.39 is 30.4 Å². The van der Waals surface area contributed by atoms with E-state index in [2.05, 4.69) is 4.74 Å². The number of ether oxygens (including phenoxy) is 1. The summed E-state index contributed by atoms with van der Waals surface area (Å²) in [5, 5.41) is 36.2. The number of hydrogen-bond acceptors (Lipinski definition) is 7. The summed E-state index contributed by atoms with van der Waals surface area (Å²) in [5.41, 5.74) is 0. The third-order valence-corrected chi connectivity index (χ3v) is 1.69. The van der Waals surface area contributed by atoms with Crippen molar-refractivity contribution < 1.29 is 34.8 Å². The van der Waals surface area contributed by atoms with Gasteiger partial charge in [-0.05, 0) is 6.92 Å². The molecule has 7 heteroatoms. The Morgan fingerprint density at radius 1 is 1.27 bits per heavy atom. The van der Waals surface area contributed by atoms with Crippen molar-refractivity contribution in [1.82, 2.24) is 0 Å². The Morgan fingerprint density at radius 2 is 1.80 bits per heavy atom. The summed E-state index contributed by atoms with van der Waals surface area (Å²) >= 11 is 0. The molecule has 0 aromatic carbocycles. The Morgan fingerprint density at radius 3 is 2.20 bits per heavy atom. The molecule has 15 heavy (non-hydrogen) atoms. The number of hydrogen-bond donors (Lipinski definition) is 4. The molecule has 0 saturated heterocycles. The van der Waals surface area contributed by atoms with E-state index >= 15 is 0 Å². The van der Waals surface area contributed by atoms with Crippen LogP contribution in [0, 0.1) is 0 Å². The van der Waals surface area contributed by atoms with Crippen molar-refractivity contribution in [3.05, 3.63) is 0 Å². The first-order chi connectivity index (χ1) is 6.95. The van der Waals surface area contributed by atoms with Crippen LogP contribution in [0.25, 0.3) is 0 Å². The molecule has 0 spiro atoms. The number of carbonyl (C=O) groups is 2. The van der Waals surface area contributed by atoms with E-state index in [9.17, 15) is 9.59 Å². The van der Waals surface area contributed by atoms with Crippen LogP contribution in [0.2, 0.25) is 0 Å². The van der Waals surface area contributed by atoms with Gasteiger partial charge in [-0.2, -0.15) is 0 Å². The van der Waals surface area contributed by atoms with E-state index in [1.165, 1.54) is 6.92 Å². The average molecular weight is 222 g/mol. The summed E-state index contributed by atoms with van der Waals surface area (Å²) in [6.07, 6.45) is -7.82. The minimum Gasteiger partial charge on any atom is -0.464 e. The van der Waals surface area contributed by atoms with Crippen LogP contribution in [-0.2, 0) is 14.3 Å². The lowest BCUT2D eigenvalue weighted by Gasteiger charge is -2.22. The zero-order chi connectivity index (χ0) is 12.0. The van der Waals surface area contributed by atoms with Gasteiger partial charge in [-0.1, -0.05) is 0 Å². The molecule has 4 atom stereocenters. The molecule has 0 bridgehead atoms. The molecule has 0 radical (unpaired) electrons. The van der Waals surface area contributed by atoms with Gasteiger partial charge in [0.2, 0.25) is 0 Å². The molecular weight excluding hydrogens is 208 g/mol. The fourth-order valence-electron chi connectivity index (χ4n) is 0.836. The van der Waals surface area contributed by atoms with E-state index in [1.807, 2.05) is 0 Å². The van der Waals surface area contributed by atoms with E-state index in [-0.39, 0.29) is 12.9 Å². The highest BCUT2D eigenvalue weighted by molar-refractivity contribution is 5.75. The summed E-state index contributed by atoms with van der Waals surface area (Å²) in [6.45, 7) is 1.49. The Balaban J connectivity index is 4.35. The molecule has 7 nitrogen and oxygen atoms in total. The Labute approximate surface area is 85.9 Å². The number of aliphatic hydroxyl groups excluding tert-OH is 4. The monoisotopic (exact) mass is 222 g/mol. The highest BCUT2D eigenvalue weighted by atomic mass is 16.5. The van der Waals surface area contributed by atoms with Gasteiger partial charge in [0, 0.05) is 0 Å². The van der Waals surface area contributed by atoms with Gasteiger partial charge in [0.25, 0.3) is 0 Å². The highest BCUT2D eigenvalue weighted by Crippen LogP contribution is 2.05. The quantitative estimate of drug-likeness (QED) is 0.282. The second-order valence-corrected chi connectivity index (χ2v) is 2.80. The molecular formula is C8H14O7. The lowest BCUT2D eigenvalue weighted by Crippen LogP contribution is -2.48. The molecule has 0 saturated carbocycles. The molecule has 0 aliphatic carbocycles.